The molecule has 0 aliphatic carbocycles. The number of rotatable bonds is 7. The van der Waals surface area contributed by atoms with Gasteiger partial charge in [0, 0.05) is 6.08 Å². The van der Waals surface area contributed by atoms with Crippen LogP contribution < -0.4 is 4.74 Å². The predicted molar refractivity (Wildman–Crippen MR) is 96.8 cm³/mol. The summed E-state index contributed by atoms with van der Waals surface area (Å²) in [6.45, 7) is -0.378. The van der Waals surface area contributed by atoms with Gasteiger partial charge >= 0.3 is 5.97 Å². The Kier molecular flexibility index (Phi) is 6.56. The molecule has 0 spiro atoms. The van der Waals surface area contributed by atoms with Gasteiger partial charge in [-0.05, 0) is 47.5 Å². The van der Waals surface area contributed by atoms with Gasteiger partial charge in [0.15, 0.2) is 23.9 Å². The van der Waals surface area contributed by atoms with Crippen LogP contribution in [-0.2, 0) is 14.3 Å². The number of phenolic OH excluding ortho intramolecular Hbond substituents is 2. The Morgan fingerprint density at radius 1 is 0.962 bits per heavy atom. The number of methoxy groups -OCH3 is 1. The summed E-state index contributed by atoms with van der Waals surface area (Å²) in [5.74, 6) is -0.608. The van der Waals surface area contributed by atoms with E-state index in [4.69, 9.17) is 9.47 Å². The van der Waals surface area contributed by atoms with Crippen LogP contribution in [0.4, 0.5) is 0 Å². The zero-order chi connectivity index (χ0) is 18.9. The number of carbonyl (C=O) groups excluding carboxylic acids is 2. The first-order chi connectivity index (χ1) is 12.5. The van der Waals surface area contributed by atoms with Crippen LogP contribution in [0.3, 0.4) is 0 Å². The van der Waals surface area contributed by atoms with Gasteiger partial charge in [-0.25, -0.2) is 4.79 Å². The number of hydrogen-bond donors (Lipinski definition) is 2. The lowest BCUT2D eigenvalue weighted by atomic mass is 10.2. The number of phenols is 2. The Labute approximate surface area is 150 Å². The van der Waals surface area contributed by atoms with Crippen LogP contribution >= 0.6 is 0 Å². The summed E-state index contributed by atoms with van der Waals surface area (Å²) in [5, 5.41) is 18.7. The lowest BCUT2D eigenvalue weighted by Gasteiger charge is -2.03. The van der Waals surface area contributed by atoms with Crippen LogP contribution in [0.15, 0.2) is 54.6 Å². The van der Waals surface area contributed by atoms with Crippen LogP contribution in [-0.4, -0.2) is 35.7 Å². The van der Waals surface area contributed by atoms with Gasteiger partial charge in [-0.15, -0.1) is 0 Å². The van der Waals surface area contributed by atoms with Crippen LogP contribution in [0.2, 0.25) is 0 Å². The number of ether oxygens (including phenoxy) is 2. The summed E-state index contributed by atoms with van der Waals surface area (Å²) in [6, 6.07) is 10.9. The molecule has 6 nitrogen and oxygen atoms in total. The lowest BCUT2D eigenvalue weighted by molar-refractivity contribution is -0.141. The standard InChI is InChI=1S/C20H18O6/c1-25-19-12-15(5-10-18(19)23)6-11-20(24)26-13-17(22)9-4-14-2-7-16(21)8-3-14/h2-12,21,23H,13H2,1H3/b9-4+,11-6+. The van der Waals surface area contributed by atoms with Crippen molar-refractivity contribution in [2.45, 2.75) is 0 Å². The van der Waals surface area contributed by atoms with E-state index in [2.05, 4.69) is 0 Å². The molecule has 0 aliphatic rings. The molecule has 0 radical (unpaired) electrons. The van der Waals surface area contributed by atoms with Crippen molar-refractivity contribution in [3.63, 3.8) is 0 Å². The molecule has 2 aromatic rings. The fourth-order valence-corrected chi connectivity index (χ4v) is 1.98. The van der Waals surface area contributed by atoms with Gasteiger partial charge < -0.3 is 19.7 Å². The van der Waals surface area contributed by atoms with E-state index in [1.807, 2.05) is 0 Å². The molecule has 2 rings (SSSR count). The van der Waals surface area contributed by atoms with Crippen molar-refractivity contribution < 1.29 is 29.3 Å². The second-order valence-corrected chi connectivity index (χ2v) is 5.26. The second kappa shape index (κ2) is 9.08. The Hall–Kier alpha value is -3.54. The third kappa shape index (κ3) is 5.83. The maximum absolute atomic E-state index is 11.7. The van der Waals surface area contributed by atoms with Crippen LogP contribution in [0, 0.1) is 0 Å². The van der Waals surface area contributed by atoms with Crippen molar-refractivity contribution in [2.24, 2.45) is 0 Å². The third-order valence-electron chi connectivity index (χ3n) is 3.33. The van der Waals surface area contributed by atoms with Gasteiger partial charge in [0.05, 0.1) is 7.11 Å². The average molecular weight is 354 g/mol. The van der Waals surface area contributed by atoms with E-state index in [-0.39, 0.29) is 29.6 Å². The molecule has 0 atom stereocenters. The molecule has 0 amide bonds. The smallest absolute Gasteiger partial charge is 0.331 e. The van der Waals surface area contributed by atoms with Crippen LogP contribution in [0.25, 0.3) is 12.2 Å². The van der Waals surface area contributed by atoms with E-state index in [1.165, 1.54) is 43.5 Å². The Morgan fingerprint density at radius 3 is 2.31 bits per heavy atom. The number of hydrogen-bond acceptors (Lipinski definition) is 6. The maximum Gasteiger partial charge on any atom is 0.331 e. The third-order valence-corrected chi connectivity index (χ3v) is 3.33. The quantitative estimate of drug-likeness (QED) is 0.587. The summed E-state index contributed by atoms with van der Waals surface area (Å²) in [7, 11) is 1.42. The van der Waals surface area contributed by atoms with Crippen molar-refractivity contribution in [3.05, 3.63) is 65.7 Å². The molecule has 2 N–H and O–H groups in total. The van der Waals surface area contributed by atoms with E-state index in [1.54, 1.807) is 30.3 Å². The van der Waals surface area contributed by atoms with Crippen LogP contribution in [0.5, 0.6) is 17.2 Å². The van der Waals surface area contributed by atoms with Gasteiger partial charge in [0.1, 0.15) is 5.75 Å². The fourth-order valence-electron chi connectivity index (χ4n) is 1.98. The minimum atomic E-state index is -0.663. The molecule has 2 aromatic carbocycles. The molecule has 0 saturated heterocycles. The van der Waals surface area contributed by atoms with Crippen molar-refractivity contribution in [1.29, 1.82) is 0 Å². The van der Waals surface area contributed by atoms with Crippen LogP contribution in [0.1, 0.15) is 11.1 Å². The normalized spacial score (nSPS) is 11.0. The molecular weight excluding hydrogens is 336 g/mol. The molecule has 0 saturated carbocycles. The Bertz CT molecular complexity index is 834. The van der Waals surface area contributed by atoms with Crippen molar-refractivity contribution >= 4 is 23.9 Å². The Balaban J connectivity index is 1.84. The highest BCUT2D eigenvalue weighted by Crippen LogP contribution is 2.26. The van der Waals surface area contributed by atoms with E-state index in [0.717, 1.165) is 5.56 Å². The molecule has 0 aromatic heterocycles. The Morgan fingerprint density at radius 2 is 1.62 bits per heavy atom. The highest BCUT2D eigenvalue weighted by molar-refractivity contribution is 5.96. The monoisotopic (exact) mass is 354 g/mol. The number of esters is 1. The minimum absolute atomic E-state index is 0.00163. The topological polar surface area (TPSA) is 93.1 Å². The summed E-state index contributed by atoms with van der Waals surface area (Å²) < 4.78 is 9.84. The highest BCUT2D eigenvalue weighted by atomic mass is 16.5. The first kappa shape index (κ1) is 18.8. The molecule has 134 valence electrons. The zero-order valence-corrected chi connectivity index (χ0v) is 14.1. The summed E-state index contributed by atoms with van der Waals surface area (Å²) in [6.07, 6.45) is 5.53. The molecule has 0 fully saturated rings. The van der Waals surface area contributed by atoms with E-state index >= 15 is 0 Å². The molecule has 6 heteroatoms. The largest absolute Gasteiger partial charge is 0.508 e. The van der Waals surface area contributed by atoms with Gasteiger partial charge in [0.25, 0.3) is 0 Å². The van der Waals surface area contributed by atoms with Crippen molar-refractivity contribution in [1.82, 2.24) is 0 Å². The first-order valence-electron chi connectivity index (χ1n) is 7.69. The molecule has 0 aliphatic heterocycles. The summed E-state index contributed by atoms with van der Waals surface area (Å²) >= 11 is 0. The summed E-state index contributed by atoms with van der Waals surface area (Å²) in [4.78, 5) is 23.4. The first-order valence-corrected chi connectivity index (χ1v) is 7.69. The van der Waals surface area contributed by atoms with Gasteiger partial charge in [-0.2, -0.15) is 0 Å². The molecular formula is C20H18O6. The lowest BCUT2D eigenvalue weighted by Crippen LogP contribution is -2.09. The van der Waals surface area contributed by atoms with Gasteiger partial charge in [-0.3, -0.25) is 4.79 Å². The SMILES string of the molecule is COc1cc(/C=C/C(=O)OCC(=O)/C=C/c2ccc(O)cc2)ccc1O. The minimum Gasteiger partial charge on any atom is -0.508 e. The fraction of sp³-hybridized carbons (Fsp3) is 0.100. The van der Waals surface area contributed by atoms with E-state index in [9.17, 15) is 19.8 Å². The molecule has 0 unspecified atom stereocenters. The number of ketones is 1. The second-order valence-electron chi connectivity index (χ2n) is 5.26. The molecule has 0 bridgehead atoms. The highest BCUT2D eigenvalue weighted by Gasteiger charge is 2.04. The number of benzene rings is 2. The number of aromatic hydroxyl groups is 2. The van der Waals surface area contributed by atoms with E-state index in [0.29, 0.717) is 5.56 Å². The number of carbonyl (C=O) groups is 2. The van der Waals surface area contributed by atoms with Gasteiger partial charge in [-0.1, -0.05) is 24.3 Å². The predicted octanol–water partition coefficient (Wildman–Crippen LogP) is 2.95. The van der Waals surface area contributed by atoms with Gasteiger partial charge in [0.2, 0.25) is 0 Å². The van der Waals surface area contributed by atoms with Crippen molar-refractivity contribution in [3.8, 4) is 17.2 Å². The van der Waals surface area contributed by atoms with E-state index < -0.39 is 5.97 Å². The molecule has 26 heavy (non-hydrogen) atoms. The maximum atomic E-state index is 11.7. The summed E-state index contributed by atoms with van der Waals surface area (Å²) in [5.41, 5.74) is 1.37. The average Bonchev–Trinajstić information content (AvgIpc) is 2.65. The molecule has 0 heterocycles. The van der Waals surface area contributed by atoms with Crippen molar-refractivity contribution in [2.75, 3.05) is 13.7 Å². The zero-order valence-electron chi connectivity index (χ0n) is 14.1.